The number of carbonyl (C=O) groups is 1. The second kappa shape index (κ2) is 4.30. The summed E-state index contributed by atoms with van der Waals surface area (Å²) in [7, 11) is 1.81. The zero-order valence-corrected chi connectivity index (χ0v) is 8.49. The first-order chi connectivity index (χ1) is 6.13. The summed E-state index contributed by atoms with van der Waals surface area (Å²) in [6, 6.07) is 0.238. The van der Waals surface area contributed by atoms with Crippen LogP contribution >= 0.6 is 0 Å². The van der Waals surface area contributed by atoms with E-state index in [1.807, 2.05) is 27.0 Å². The van der Waals surface area contributed by atoms with Gasteiger partial charge in [0.2, 0.25) is 0 Å². The molecular weight excluding hydrogens is 166 g/mol. The van der Waals surface area contributed by atoms with Crippen LogP contribution in [-0.4, -0.2) is 30.0 Å². The van der Waals surface area contributed by atoms with Gasteiger partial charge < -0.3 is 9.64 Å². The van der Waals surface area contributed by atoms with Crippen LogP contribution in [0.1, 0.15) is 26.7 Å². The molecule has 1 atom stereocenters. The highest BCUT2D eigenvalue weighted by atomic mass is 16.5. The highest BCUT2D eigenvalue weighted by Gasteiger charge is 2.24. The molecule has 74 valence electrons. The highest BCUT2D eigenvalue weighted by Crippen LogP contribution is 2.13. The van der Waals surface area contributed by atoms with Crippen molar-refractivity contribution >= 4 is 5.91 Å². The highest BCUT2D eigenvalue weighted by molar-refractivity contribution is 5.81. The van der Waals surface area contributed by atoms with Crippen molar-refractivity contribution in [3.8, 4) is 0 Å². The van der Waals surface area contributed by atoms with Crippen molar-refractivity contribution in [3.63, 3.8) is 0 Å². The van der Waals surface area contributed by atoms with Crippen molar-refractivity contribution in [1.29, 1.82) is 0 Å². The first-order valence-corrected chi connectivity index (χ1v) is 4.70. The second-order valence-electron chi connectivity index (χ2n) is 3.62. The maximum absolute atomic E-state index is 11.7. The van der Waals surface area contributed by atoms with E-state index in [-0.39, 0.29) is 18.1 Å². The molecule has 0 saturated carbocycles. The summed E-state index contributed by atoms with van der Waals surface area (Å²) in [5, 5.41) is 0. The molecule has 0 spiro atoms. The molecule has 0 aromatic heterocycles. The van der Waals surface area contributed by atoms with Crippen LogP contribution in [0.5, 0.6) is 0 Å². The van der Waals surface area contributed by atoms with E-state index in [0.29, 0.717) is 0 Å². The number of amides is 1. The van der Waals surface area contributed by atoms with E-state index in [1.54, 1.807) is 11.2 Å². The van der Waals surface area contributed by atoms with Gasteiger partial charge in [-0.2, -0.15) is 0 Å². The SMILES string of the molecule is CC(C)N(C)C(=O)C1CCC=CO1. The van der Waals surface area contributed by atoms with E-state index in [4.69, 9.17) is 4.74 Å². The molecule has 1 aliphatic heterocycles. The lowest BCUT2D eigenvalue weighted by atomic mass is 10.1. The molecule has 0 aromatic carbocycles. The summed E-state index contributed by atoms with van der Waals surface area (Å²) in [5.41, 5.74) is 0. The van der Waals surface area contributed by atoms with Crippen LogP contribution in [0, 0.1) is 0 Å². The molecular formula is C10H17NO2. The third-order valence-corrected chi connectivity index (χ3v) is 2.33. The number of ether oxygens (including phenoxy) is 1. The fourth-order valence-electron chi connectivity index (χ4n) is 1.20. The lowest BCUT2D eigenvalue weighted by molar-refractivity contribution is -0.141. The van der Waals surface area contributed by atoms with Gasteiger partial charge in [-0.25, -0.2) is 0 Å². The van der Waals surface area contributed by atoms with Crippen LogP contribution < -0.4 is 0 Å². The molecule has 0 aliphatic carbocycles. The maximum atomic E-state index is 11.7. The monoisotopic (exact) mass is 183 g/mol. The van der Waals surface area contributed by atoms with Gasteiger partial charge in [0.05, 0.1) is 6.26 Å². The van der Waals surface area contributed by atoms with Gasteiger partial charge in [0.1, 0.15) is 0 Å². The smallest absolute Gasteiger partial charge is 0.263 e. The Kier molecular flexibility index (Phi) is 3.34. The number of nitrogens with zero attached hydrogens (tertiary/aromatic N) is 1. The summed E-state index contributed by atoms with van der Waals surface area (Å²) < 4.78 is 5.24. The van der Waals surface area contributed by atoms with Crippen molar-refractivity contribution in [2.24, 2.45) is 0 Å². The summed E-state index contributed by atoms with van der Waals surface area (Å²) in [6.45, 7) is 3.99. The van der Waals surface area contributed by atoms with Gasteiger partial charge in [0, 0.05) is 13.1 Å². The first kappa shape index (κ1) is 10.1. The van der Waals surface area contributed by atoms with E-state index in [0.717, 1.165) is 12.8 Å². The molecule has 0 N–H and O–H groups in total. The van der Waals surface area contributed by atoms with E-state index in [9.17, 15) is 4.79 Å². The Morgan fingerprint density at radius 3 is 2.77 bits per heavy atom. The third-order valence-electron chi connectivity index (χ3n) is 2.33. The molecule has 1 amide bonds. The molecule has 0 radical (unpaired) electrons. The molecule has 13 heavy (non-hydrogen) atoms. The van der Waals surface area contributed by atoms with Gasteiger partial charge in [-0.1, -0.05) is 0 Å². The van der Waals surface area contributed by atoms with Gasteiger partial charge in [0.25, 0.3) is 5.91 Å². The molecule has 1 aliphatic rings. The van der Waals surface area contributed by atoms with Crippen LogP contribution in [0.2, 0.25) is 0 Å². The minimum atomic E-state index is -0.266. The van der Waals surface area contributed by atoms with E-state index in [2.05, 4.69) is 0 Å². The van der Waals surface area contributed by atoms with Crippen molar-refractivity contribution < 1.29 is 9.53 Å². The molecule has 0 saturated heterocycles. The summed E-state index contributed by atoms with van der Waals surface area (Å²) in [5.74, 6) is 0.0827. The standard InChI is InChI=1S/C10H17NO2/c1-8(2)11(3)10(12)9-6-4-5-7-13-9/h5,7-9H,4,6H2,1-3H3. The Hall–Kier alpha value is -0.990. The molecule has 1 rings (SSSR count). The van der Waals surface area contributed by atoms with Crippen LogP contribution in [0.4, 0.5) is 0 Å². The van der Waals surface area contributed by atoms with Crippen LogP contribution in [0.3, 0.4) is 0 Å². The van der Waals surface area contributed by atoms with Gasteiger partial charge in [-0.05, 0) is 32.8 Å². The van der Waals surface area contributed by atoms with Gasteiger partial charge in [0.15, 0.2) is 6.10 Å². The Labute approximate surface area is 79.4 Å². The lowest BCUT2D eigenvalue weighted by Gasteiger charge is -2.27. The number of hydrogen-bond acceptors (Lipinski definition) is 2. The molecule has 0 bridgehead atoms. The normalized spacial score (nSPS) is 21.4. The minimum Gasteiger partial charge on any atom is -0.489 e. The molecule has 3 nitrogen and oxygen atoms in total. The quantitative estimate of drug-likeness (QED) is 0.650. The zero-order chi connectivity index (χ0) is 9.84. The largest absolute Gasteiger partial charge is 0.489 e. The molecule has 0 fully saturated rings. The molecule has 1 heterocycles. The maximum Gasteiger partial charge on any atom is 0.263 e. The van der Waals surface area contributed by atoms with Gasteiger partial charge in [-0.15, -0.1) is 0 Å². The molecule has 1 unspecified atom stereocenters. The number of hydrogen-bond donors (Lipinski definition) is 0. The van der Waals surface area contributed by atoms with Crippen molar-refractivity contribution in [3.05, 3.63) is 12.3 Å². The van der Waals surface area contributed by atoms with E-state index in [1.165, 1.54) is 0 Å². The second-order valence-corrected chi connectivity index (χ2v) is 3.62. The lowest BCUT2D eigenvalue weighted by Crippen LogP contribution is -2.41. The van der Waals surface area contributed by atoms with E-state index < -0.39 is 0 Å². The fourth-order valence-corrected chi connectivity index (χ4v) is 1.20. The topological polar surface area (TPSA) is 29.5 Å². The van der Waals surface area contributed by atoms with E-state index >= 15 is 0 Å². The van der Waals surface area contributed by atoms with Crippen LogP contribution in [0.25, 0.3) is 0 Å². The number of carbonyl (C=O) groups excluding carboxylic acids is 1. The van der Waals surface area contributed by atoms with Crippen molar-refractivity contribution in [2.75, 3.05) is 7.05 Å². The zero-order valence-electron chi connectivity index (χ0n) is 8.49. The summed E-state index contributed by atoms with van der Waals surface area (Å²) in [4.78, 5) is 13.4. The number of rotatable bonds is 2. The average Bonchev–Trinajstić information content (AvgIpc) is 2.17. The Bertz CT molecular complexity index is 211. The van der Waals surface area contributed by atoms with Crippen LogP contribution in [0.15, 0.2) is 12.3 Å². The Morgan fingerprint density at radius 2 is 2.31 bits per heavy atom. The summed E-state index contributed by atoms with van der Waals surface area (Å²) >= 11 is 0. The predicted octanol–water partition coefficient (Wildman–Crippen LogP) is 1.55. The van der Waals surface area contributed by atoms with Crippen LogP contribution in [-0.2, 0) is 9.53 Å². The third kappa shape index (κ3) is 2.47. The predicted molar refractivity (Wildman–Crippen MR) is 51.2 cm³/mol. The molecule has 3 heteroatoms. The van der Waals surface area contributed by atoms with Gasteiger partial charge >= 0.3 is 0 Å². The summed E-state index contributed by atoms with van der Waals surface area (Å²) in [6.07, 6.45) is 5.03. The first-order valence-electron chi connectivity index (χ1n) is 4.70. The molecule has 0 aromatic rings. The fraction of sp³-hybridized carbons (Fsp3) is 0.700. The average molecular weight is 183 g/mol. The number of allylic oxidation sites excluding steroid dienone is 1. The number of likely N-dealkylation sites (N-methyl/N-ethyl adjacent to an activating group) is 1. The Balaban J connectivity index is 2.51. The van der Waals surface area contributed by atoms with Crippen molar-refractivity contribution in [2.45, 2.75) is 38.8 Å². The van der Waals surface area contributed by atoms with Crippen molar-refractivity contribution in [1.82, 2.24) is 4.90 Å². The minimum absolute atomic E-state index is 0.0827. The van der Waals surface area contributed by atoms with Gasteiger partial charge in [-0.3, -0.25) is 4.79 Å². The Morgan fingerprint density at radius 1 is 1.62 bits per heavy atom.